The Labute approximate surface area is 161 Å². The zero-order valence-electron chi connectivity index (χ0n) is 15.7. The van der Waals surface area contributed by atoms with Crippen LogP contribution in [0.15, 0.2) is 54.6 Å². The van der Waals surface area contributed by atoms with E-state index in [2.05, 4.69) is 34.1 Å². The van der Waals surface area contributed by atoms with E-state index in [-0.39, 0.29) is 6.61 Å². The first kappa shape index (κ1) is 20.0. The molecule has 2 aromatic carbocycles. The van der Waals surface area contributed by atoms with Crippen molar-refractivity contribution in [3.05, 3.63) is 71.3 Å². The third kappa shape index (κ3) is 6.13. The molecule has 2 aromatic rings. The summed E-state index contributed by atoms with van der Waals surface area (Å²) in [6, 6.07) is 17.7. The minimum Gasteiger partial charge on any atom is -0.392 e. The van der Waals surface area contributed by atoms with Gasteiger partial charge in [-0.1, -0.05) is 54.6 Å². The molecule has 0 spiro atoms. The van der Waals surface area contributed by atoms with Gasteiger partial charge in [0.2, 0.25) is 0 Å². The molecule has 1 fully saturated rings. The summed E-state index contributed by atoms with van der Waals surface area (Å²) in [7, 11) is 0. The molecule has 0 bridgehead atoms. The average Bonchev–Trinajstić information content (AvgIpc) is 2.70. The van der Waals surface area contributed by atoms with Gasteiger partial charge < -0.3 is 15.3 Å². The van der Waals surface area contributed by atoms with Crippen molar-refractivity contribution in [2.45, 2.75) is 31.8 Å². The van der Waals surface area contributed by atoms with Gasteiger partial charge in [-0.05, 0) is 16.7 Å². The molecule has 146 valence electrons. The summed E-state index contributed by atoms with van der Waals surface area (Å²) < 4.78 is 0. The summed E-state index contributed by atoms with van der Waals surface area (Å²) in [4.78, 5) is 4.71. The Hall–Kier alpha value is -1.76. The maximum Gasteiger partial charge on any atom is 0.0815 e. The molecule has 5 nitrogen and oxygen atoms in total. The summed E-state index contributed by atoms with van der Waals surface area (Å²) in [6.07, 6.45) is -0.923. The molecule has 0 aromatic heterocycles. The number of hydrogen-bond acceptors (Lipinski definition) is 5. The zero-order chi connectivity index (χ0) is 19.1. The number of aliphatic hydroxyl groups excluding tert-OH is 3. The molecule has 5 heteroatoms. The van der Waals surface area contributed by atoms with Crippen LogP contribution >= 0.6 is 0 Å². The van der Waals surface area contributed by atoms with Crippen molar-refractivity contribution in [1.29, 1.82) is 0 Å². The van der Waals surface area contributed by atoms with Gasteiger partial charge in [-0.2, -0.15) is 0 Å². The molecule has 3 rings (SSSR count). The summed E-state index contributed by atoms with van der Waals surface area (Å²) in [5.74, 6) is 0. The summed E-state index contributed by atoms with van der Waals surface area (Å²) in [5.41, 5.74) is 2.93. The quantitative estimate of drug-likeness (QED) is 0.661. The molecule has 1 aliphatic heterocycles. The second kappa shape index (κ2) is 9.97. The monoisotopic (exact) mass is 370 g/mol. The Balaban J connectivity index is 1.40. The molecule has 0 aliphatic carbocycles. The van der Waals surface area contributed by atoms with Crippen LogP contribution in [0.1, 0.15) is 29.2 Å². The Kier molecular flexibility index (Phi) is 7.38. The van der Waals surface area contributed by atoms with Crippen molar-refractivity contribution in [2.24, 2.45) is 0 Å². The molecule has 2 atom stereocenters. The Morgan fingerprint density at radius 2 is 1.41 bits per heavy atom. The first-order chi connectivity index (χ1) is 13.1. The lowest BCUT2D eigenvalue weighted by Crippen LogP contribution is -2.48. The molecule has 0 amide bonds. The van der Waals surface area contributed by atoms with Crippen molar-refractivity contribution in [3.8, 4) is 0 Å². The van der Waals surface area contributed by atoms with E-state index in [0.717, 1.165) is 43.9 Å². The lowest BCUT2D eigenvalue weighted by molar-refractivity contribution is 0.0362. The van der Waals surface area contributed by atoms with Crippen LogP contribution in [0.3, 0.4) is 0 Å². The maximum atomic E-state index is 10.4. The number of rotatable bonds is 8. The largest absolute Gasteiger partial charge is 0.392 e. The minimum absolute atomic E-state index is 0.00471. The molecule has 0 saturated carbocycles. The number of piperazine rings is 1. The highest BCUT2D eigenvalue weighted by molar-refractivity contribution is 5.23. The van der Waals surface area contributed by atoms with Crippen molar-refractivity contribution in [3.63, 3.8) is 0 Å². The Morgan fingerprint density at radius 1 is 0.778 bits per heavy atom. The number of nitrogens with zero attached hydrogens (tertiary/aromatic N) is 2. The fourth-order valence-electron chi connectivity index (χ4n) is 3.58. The molecule has 1 heterocycles. The zero-order valence-corrected chi connectivity index (χ0v) is 15.7. The van der Waals surface area contributed by atoms with Crippen LogP contribution in [0.5, 0.6) is 0 Å². The molecule has 27 heavy (non-hydrogen) atoms. The number of β-amino-alcohol motifs (C(OH)–C–C–N with tert-alkyl or cyclic N) is 1. The normalized spacial score (nSPS) is 18.3. The summed E-state index contributed by atoms with van der Waals surface area (Å²) >= 11 is 0. The van der Waals surface area contributed by atoms with Crippen molar-refractivity contribution in [2.75, 3.05) is 32.7 Å². The van der Waals surface area contributed by atoms with Crippen LogP contribution in [-0.4, -0.2) is 63.9 Å². The average molecular weight is 370 g/mol. The second-order valence-electron chi connectivity index (χ2n) is 7.37. The molecule has 3 N–H and O–H groups in total. The van der Waals surface area contributed by atoms with Crippen LogP contribution in [0.25, 0.3) is 0 Å². The molecule has 0 unspecified atom stereocenters. The van der Waals surface area contributed by atoms with E-state index in [1.165, 1.54) is 5.56 Å². The Bertz CT molecular complexity index is 670. The topological polar surface area (TPSA) is 67.2 Å². The standard InChI is InChI=1S/C22H30N2O3/c25-17-19-6-8-20(9-7-19)22(27)14-21(26)16-24-12-10-23(11-13-24)15-18-4-2-1-3-5-18/h1-9,21-22,25-27H,10-17H2/t21-,22+/m1/s1. The molecular weight excluding hydrogens is 340 g/mol. The van der Waals surface area contributed by atoms with Crippen molar-refractivity contribution in [1.82, 2.24) is 9.80 Å². The van der Waals surface area contributed by atoms with Gasteiger partial charge in [0.05, 0.1) is 18.8 Å². The number of hydrogen-bond donors (Lipinski definition) is 3. The predicted octanol–water partition coefficient (Wildman–Crippen LogP) is 1.78. The van der Waals surface area contributed by atoms with Crippen LogP contribution < -0.4 is 0 Å². The molecule has 0 radical (unpaired) electrons. The Morgan fingerprint density at radius 3 is 2.04 bits per heavy atom. The molecular formula is C22H30N2O3. The van der Waals surface area contributed by atoms with Crippen molar-refractivity contribution < 1.29 is 15.3 Å². The summed E-state index contributed by atoms with van der Waals surface area (Å²) in [5, 5.41) is 29.8. The van der Waals surface area contributed by atoms with Crippen LogP contribution in [0.4, 0.5) is 0 Å². The highest BCUT2D eigenvalue weighted by atomic mass is 16.3. The fourth-order valence-corrected chi connectivity index (χ4v) is 3.58. The van der Waals surface area contributed by atoms with Crippen LogP contribution in [0, 0.1) is 0 Å². The lowest BCUT2D eigenvalue weighted by atomic mass is 10.0. The predicted molar refractivity (Wildman–Crippen MR) is 106 cm³/mol. The van der Waals surface area contributed by atoms with E-state index in [1.807, 2.05) is 18.2 Å². The van der Waals surface area contributed by atoms with E-state index in [1.54, 1.807) is 12.1 Å². The lowest BCUT2D eigenvalue weighted by Gasteiger charge is -2.35. The van der Waals surface area contributed by atoms with E-state index < -0.39 is 12.2 Å². The summed E-state index contributed by atoms with van der Waals surface area (Å²) in [6.45, 7) is 5.41. The van der Waals surface area contributed by atoms with Gasteiger partial charge in [0.15, 0.2) is 0 Å². The SMILES string of the molecule is OCc1ccc([C@@H](O)C[C@@H](O)CN2CCN(Cc3ccccc3)CC2)cc1. The van der Waals surface area contributed by atoms with Gasteiger partial charge in [-0.3, -0.25) is 9.80 Å². The smallest absolute Gasteiger partial charge is 0.0815 e. The van der Waals surface area contributed by atoms with E-state index in [9.17, 15) is 10.2 Å². The van der Waals surface area contributed by atoms with E-state index in [0.29, 0.717) is 13.0 Å². The minimum atomic E-state index is -0.688. The van der Waals surface area contributed by atoms with Crippen LogP contribution in [0.2, 0.25) is 0 Å². The van der Waals surface area contributed by atoms with Gasteiger partial charge in [-0.25, -0.2) is 0 Å². The first-order valence-electron chi connectivity index (χ1n) is 9.68. The van der Waals surface area contributed by atoms with Gasteiger partial charge in [0.25, 0.3) is 0 Å². The van der Waals surface area contributed by atoms with Gasteiger partial charge in [0, 0.05) is 45.7 Å². The van der Waals surface area contributed by atoms with Gasteiger partial charge in [-0.15, -0.1) is 0 Å². The van der Waals surface area contributed by atoms with Crippen LogP contribution in [-0.2, 0) is 13.2 Å². The highest BCUT2D eigenvalue weighted by Gasteiger charge is 2.21. The van der Waals surface area contributed by atoms with E-state index in [4.69, 9.17) is 5.11 Å². The number of aliphatic hydroxyl groups is 3. The third-order valence-corrected chi connectivity index (χ3v) is 5.23. The van der Waals surface area contributed by atoms with Gasteiger partial charge >= 0.3 is 0 Å². The van der Waals surface area contributed by atoms with Gasteiger partial charge in [0.1, 0.15) is 0 Å². The number of benzene rings is 2. The van der Waals surface area contributed by atoms with E-state index >= 15 is 0 Å². The van der Waals surface area contributed by atoms with Crippen molar-refractivity contribution >= 4 is 0 Å². The first-order valence-corrected chi connectivity index (χ1v) is 9.68. The fraction of sp³-hybridized carbons (Fsp3) is 0.455. The maximum absolute atomic E-state index is 10.4. The molecule has 1 aliphatic rings. The molecule has 1 saturated heterocycles. The highest BCUT2D eigenvalue weighted by Crippen LogP contribution is 2.20. The second-order valence-corrected chi connectivity index (χ2v) is 7.37. The third-order valence-electron chi connectivity index (χ3n) is 5.23.